The standard InChI is InChI=1S/C10H14N2O3S/c1-14-10(3-5-16-7-10)6-11-9(13)8-2-4-12-15-8/h2,4H,3,5-7H2,1H3,(H,11,13)/t10-/m0/s1. The molecule has 6 heteroatoms. The van der Waals surface area contributed by atoms with E-state index in [2.05, 4.69) is 10.5 Å². The Hall–Kier alpha value is -1.01. The van der Waals surface area contributed by atoms with Gasteiger partial charge in [-0.15, -0.1) is 0 Å². The molecule has 1 fully saturated rings. The highest BCUT2D eigenvalue weighted by molar-refractivity contribution is 7.99. The fourth-order valence-electron chi connectivity index (χ4n) is 1.62. The number of nitrogens with one attached hydrogen (secondary N) is 1. The first kappa shape index (κ1) is 11.5. The molecule has 16 heavy (non-hydrogen) atoms. The molecule has 1 saturated heterocycles. The van der Waals surface area contributed by atoms with Crippen LogP contribution < -0.4 is 5.32 Å². The summed E-state index contributed by atoms with van der Waals surface area (Å²) in [6.45, 7) is 0.510. The van der Waals surface area contributed by atoms with E-state index in [-0.39, 0.29) is 17.3 Å². The molecule has 0 spiro atoms. The lowest BCUT2D eigenvalue weighted by molar-refractivity contribution is 0.0134. The highest BCUT2D eigenvalue weighted by Gasteiger charge is 2.34. The largest absolute Gasteiger partial charge is 0.376 e. The minimum absolute atomic E-state index is 0.222. The van der Waals surface area contributed by atoms with E-state index in [9.17, 15) is 4.79 Å². The van der Waals surface area contributed by atoms with Gasteiger partial charge in [-0.2, -0.15) is 11.8 Å². The van der Waals surface area contributed by atoms with Crippen molar-refractivity contribution in [1.29, 1.82) is 0 Å². The van der Waals surface area contributed by atoms with Gasteiger partial charge in [0.1, 0.15) is 0 Å². The summed E-state index contributed by atoms with van der Waals surface area (Å²) in [4.78, 5) is 11.6. The van der Waals surface area contributed by atoms with Gasteiger partial charge in [-0.05, 0) is 12.2 Å². The quantitative estimate of drug-likeness (QED) is 0.850. The molecule has 1 aromatic heterocycles. The maximum Gasteiger partial charge on any atom is 0.289 e. The highest BCUT2D eigenvalue weighted by Crippen LogP contribution is 2.30. The summed E-state index contributed by atoms with van der Waals surface area (Å²) in [7, 11) is 1.69. The van der Waals surface area contributed by atoms with E-state index < -0.39 is 0 Å². The van der Waals surface area contributed by atoms with E-state index in [0.29, 0.717) is 6.54 Å². The molecule has 1 N–H and O–H groups in total. The summed E-state index contributed by atoms with van der Waals surface area (Å²) in [5.41, 5.74) is -0.222. The van der Waals surface area contributed by atoms with Crippen molar-refractivity contribution in [1.82, 2.24) is 10.5 Å². The minimum Gasteiger partial charge on any atom is -0.376 e. The zero-order valence-corrected chi connectivity index (χ0v) is 9.88. The van der Waals surface area contributed by atoms with Crippen LogP contribution in [0.2, 0.25) is 0 Å². The van der Waals surface area contributed by atoms with Crippen LogP contribution in [0.1, 0.15) is 17.0 Å². The van der Waals surface area contributed by atoms with Gasteiger partial charge in [0.05, 0.1) is 11.8 Å². The second-order valence-electron chi connectivity index (χ2n) is 3.75. The summed E-state index contributed by atoms with van der Waals surface area (Å²) >= 11 is 1.84. The van der Waals surface area contributed by atoms with Crippen molar-refractivity contribution in [2.75, 3.05) is 25.2 Å². The molecule has 1 aromatic rings. The summed E-state index contributed by atoms with van der Waals surface area (Å²) in [6, 6.07) is 1.54. The third kappa shape index (κ3) is 2.38. The van der Waals surface area contributed by atoms with Gasteiger partial charge >= 0.3 is 0 Å². The third-order valence-corrected chi connectivity index (χ3v) is 3.96. The van der Waals surface area contributed by atoms with Crippen LogP contribution in [-0.2, 0) is 4.74 Å². The lowest BCUT2D eigenvalue weighted by Gasteiger charge is -2.26. The van der Waals surface area contributed by atoms with Gasteiger partial charge in [0, 0.05) is 25.5 Å². The van der Waals surface area contributed by atoms with Crippen LogP contribution >= 0.6 is 11.8 Å². The Labute approximate surface area is 97.9 Å². The normalized spacial score (nSPS) is 24.6. The molecule has 5 nitrogen and oxygen atoms in total. The minimum atomic E-state index is -0.245. The molecule has 0 radical (unpaired) electrons. The average Bonchev–Trinajstić information content (AvgIpc) is 2.98. The summed E-state index contributed by atoms with van der Waals surface area (Å²) in [6.07, 6.45) is 2.41. The predicted octanol–water partition coefficient (Wildman–Crippen LogP) is 0.927. The third-order valence-electron chi connectivity index (χ3n) is 2.73. The summed E-state index contributed by atoms with van der Waals surface area (Å²) in [5.74, 6) is 1.98. The van der Waals surface area contributed by atoms with Gasteiger partial charge in [-0.1, -0.05) is 5.16 Å². The maximum absolute atomic E-state index is 11.6. The Morgan fingerprint density at radius 2 is 2.69 bits per heavy atom. The predicted molar refractivity (Wildman–Crippen MR) is 60.5 cm³/mol. The maximum atomic E-state index is 11.6. The van der Waals surface area contributed by atoms with Crippen molar-refractivity contribution in [3.05, 3.63) is 18.0 Å². The molecule has 1 amide bonds. The number of carbonyl (C=O) groups is 1. The highest BCUT2D eigenvalue weighted by atomic mass is 32.2. The van der Waals surface area contributed by atoms with Crippen LogP contribution in [0.15, 0.2) is 16.8 Å². The van der Waals surface area contributed by atoms with E-state index in [1.165, 1.54) is 12.3 Å². The van der Waals surface area contributed by atoms with Crippen LogP contribution in [0.4, 0.5) is 0 Å². The molecule has 0 bridgehead atoms. The molecule has 0 saturated carbocycles. The van der Waals surface area contributed by atoms with Crippen molar-refractivity contribution in [2.45, 2.75) is 12.0 Å². The van der Waals surface area contributed by atoms with Crippen molar-refractivity contribution in [3.8, 4) is 0 Å². The number of amides is 1. The Bertz CT molecular complexity index is 347. The number of thioether (sulfide) groups is 1. The molecule has 0 aliphatic carbocycles. The van der Waals surface area contributed by atoms with Gasteiger partial charge < -0.3 is 14.6 Å². The molecule has 2 heterocycles. The van der Waals surface area contributed by atoms with E-state index in [0.717, 1.165) is 17.9 Å². The van der Waals surface area contributed by atoms with Crippen LogP contribution in [0.5, 0.6) is 0 Å². The summed E-state index contributed by atoms with van der Waals surface area (Å²) < 4.78 is 10.3. The first-order valence-corrected chi connectivity index (χ1v) is 6.23. The molecule has 0 unspecified atom stereocenters. The Morgan fingerprint density at radius 3 is 3.25 bits per heavy atom. The number of hydrogen-bond acceptors (Lipinski definition) is 5. The first-order chi connectivity index (χ1) is 7.76. The van der Waals surface area contributed by atoms with Crippen molar-refractivity contribution in [3.63, 3.8) is 0 Å². The first-order valence-electron chi connectivity index (χ1n) is 5.07. The summed E-state index contributed by atoms with van der Waals surface area (Å²) in [5, 5.41) is 6.30. The van der Waals surface area contributed by atoms with Crippen molar-refractivity contribution in [2.24, 2.45) is 0 Å². The molecule has 1 aliphatic heterocycles. The van der Waals surface area contributed by atoms with Crippen LogP contribution in [-0.4, -0.2) is 41.8 Å². The Balaban J connectivity index is 1.89. The Morgan fingerprint density at radius 1 is 1.81 bits per heavy atom. The molecule has 0 aromatic carbocycles. The number of hydrogen-bond donors (Lipinski definition) is 1. The molecule has 1 aliphatic rings. The lowest BCUT2D eigenvalue weighted by atomic mass is 10.0. The molecule has 2 rings (SSSR count). The fraction of sp³-hybridized carbons (Fsp3) is 0.600. The van der Waals surface area contributed by atoms with Gasteiger partial charge in [-0.3, -0.25) is 4.79 Å². The number of nitrogens with zero attached hydrogens (tertiary/aromatic N) is 1. The zero-order valence-electron chi connectivity index (χ0n) is 9.06. The number of carbonyl (C=O) groups excluding carboxylic acids is 1. The number of aromatic nitrogens is 1. The van der Waals surface area contributed by atoms with Crippen LogP contribution in [0, 0.1) is 0 Å². The molecular weight excluding hydrogens is 228 g/mol. The van der Waals surface area contributed by atoms with Crippen LogP contribution in [0.3, 0.4) is 0 Å². The number of methoxy groups -OCH3 is 1. The van der Waals surface area contributed by atoms with Gasteiger partial charge in [0.25, 0.3) is 5.91 Å². The van der Waals surface area contributed by atoms with Gasteiger partial charge in [0.2, 0.25) is 5.76 Å². The topological polar surface area (TPSA) is 64.4 Å². The van der Waals surface area contributed by atoms with Crippen molar-refractivity contribution < 1.29 is 14.1 Å². The van der Waals surface area contributed by atoms with E-state index >= 15 is 0 Å². The zero-order chi connectivity index (χ0) is 11.4. The number of ether oxygens (including phenoxy) is 1. The van der Waals surface area contributed by atoms with E-state index in [4.69, 9.17) is 9.26 Å². The molecule has 88 valence electrons. The second-order valence-corrected chi connectivity index (χ2v) is 4.85. The SMILES string of the molecule is CO[C@]1(CNC(=O)c2ccno2)CCSC1. The monoisotopic (exact) mass is 242 g/mol. The number of rotatable bonds is 4. The molecular formula is C10H14N2O3S. The van der Waals surface area contributed by atoms with Gasteiger partial charge in [0.15, 0.2) is 0 Å². The Kier molecular flexibility index (Phi) is 3.50. The smallest absolute Gasteiger partial charge is 0.289 e. The van der Waals surface area contributed by atoms with Gasteiger partial charge in [-0.25, -0.2) is 0 Å². The van der Waals surface area contributed by atoms with E-state index in [1.54, 1.807) is 7.11 Å². The second kappa shape index (κ2) is 4.88. The molecule has 1 atom stereocenters. The van der Waals surface area contributed by atoms with E-state index in [1.807, 2.05) is 11.8 Å². The lowest BCUT2D eigenvalue weighted by Crippen LogP contribution is -2.44. The van der Waals surface area contributed by atoms with Crippen molar-refractivity contribution >= 4 is 17.7 Å². The van der Waals surface area contributed by atoms with Crippen LogP contribution in [0.25, 0.3) is 0 Å². The fourth-order valence-corrected chi connectivity index (χ4v) is 3.02. The average molecular weight is 242 g/mol.